The summed E-state index contributed by atoms with van der Waals surface area (Å²) in [6.07, 6.45) is 12.8. The molecule has 0 aliphatic carbocycles. The number of piperidine rings is 1. The standard InChI is InChI=1S/C24H26FN7O2S/c1-3-16-11-28-24(29-12-16)31-8-6-17(7-9-31)21-14-27-23-20(13-26-15-32(21)23)30-18-4-5-22(19(25)10-18)35(2,33)34/h4-5,10-15,17,30H,3,6-9H2,1-2H3. The summed E-state index contributed by atoms with van der Waals surface area (Å²) < 4.78 is 39.7. The van der Waals surface area contributed by atoms with Gasteiger partial charge in [-0.15, -0.1) is 0 Å². The summed E-state index contributed by atoms with van der Waals surface area (Å²) in [5.74, 6) is 0.266. The van der Waals surface area contributed by atoms with Gasteiger partial charge in [-0.1, -0.05) is 6.92 Å². The van der Waals surface area contributed by atoms with Crippen molar-refractivity contribution in [2.24, 2.45) is 0 Å². The first kappa shape index (κ1) is 23.2. The number of hydrogen-bond donors (Lipinski definition) is 1. The van der Waals surface area contributed by atoms with Crippen LogP contribution in [0.1, 0.15) is 36.9 Å². The van der Waals surface area contributed by atoms with Crippen molar-refractivity contribution >= 4 is 32.8 Å². The molecule has 35 heavy (non-hydrogen) atoms. The molecule has 0 amide bonds. The minimum Gasteiger partial charge on any atom is -0.351 e. The number of nitrogens with zero attached hydrogens (tertiary/aromatic N) is 6. The molecule has 4 aromatic rings. The molecule has 1 aromatic carbocycles. The summed E-state index contributed by atoms with van der Waals surface area (Å²) in [5, 5.41) is 3.12. The summed E-state index contributed by atoms with van der Waals surface area (Å²) in [6.45, 7) is 3.78. The maximum Gasteiger partial charge on any atom is 0.225 e. The normalized spacial score (nSPS) is 15.0. The van der Waals surface area contributed by atoms with Crippen molar-refractivity contribution in [2.75, 3.05) is 29.6 Å². The van der Waals surface area contributed by atoms with Crippen molar-refractivity contribution in [3.05, 3.63) is 66.4 Å². The zero-order valence-corrected chi connectivity index (χ0v) is 20.3. The molecule has 5 rings (SSSR count). The van der Waals surface area contributed by atoms with E-state index >= 15 is 0 Å². The number of nitrogens with one attached hydrogen (secondary N) is 1. The topological polar surface area (TPSA) is 105 Å². The highest BCUT2D eigenvalue weighted by atomic mass is 32.2. The second kappa shape index (κ2) is 9.21. The smallest absolute Gasteiger partial charge is 0.225 e. The minimum atomic E-state index is -3.63. The van der Waals surface area contributed by atoms with Crippen LogP contribution in [0.4, 0.5) is 21.7 Å². The first-order chi connectivity index (χ1) is 16.8. The Morgan fingerprint density at radius 1 is 1.09 bits per heavy atom. The van der Waals surface area contributed by atoms with Crippen LogP contribution in [-0.4, -0.2) is 52.1 Å². The van der Waals surface area contributed by atoms with Crippen LogP contribution in [0.2, 0.25) is 0 Å². The molecule has 1 N–H and O–H groups in total. The SMILES string of the molecule is CCc1cnc(N2CCC(c3cnc4c(Nc5ccc(S(C)(=O)=O)c(F)c5)cncn34)CC2)nc1. The molecule has 0 atom stereocenters. The van der Waals surface area contributed by atoms with Crippen molar-refractivity contribution in [2.45, 2.75) is 37.0 Å². The number of rotatable bonds is 6. The lowest BCUT2D eigenvalue weighted by molar-refractivity contribution is 0.488. The molecule has 182 valence electrons. The molecule has 0 bridgehead atoms. The predicted octanol–water partition coefficient (Wildman–Crippen LogP) is 3.75. The predicted molar refractivity (Wildman–Crippen MR) is 131 cm³/mol. The van der Waals surface area contributed by atoms with Crippen LogP contribution in [0.15, 0.2) is 54.2 Å². The van der Waals surface area contributed by atoms with E-state index in [-0.39, 0.29) is 4.90 Å². The van der Waals surface area contributed by atoms with Gasteiger partial charge in [0, 0.05) is 55.2 Å². The molecule has 1 fully saturated rings. The van der Waals surface area contributed by atoms with E-state index in [0.29, 0.717) is 22.9 Å². The summed E-state index contributed by atoms with van der Waals surface area (Å²) in [7, 11) is -3.63. The van der Waals surface area contributed by atoms with Crippen molar-refractivity contribution in [1.29, 1.82) is 0 Å². The third kappa shape index (κ3) is 4.68. The van der Waals surface area contributed by atoms with Gasteiger partial charge in [-0.25, -0.2) is 32.7 Å². The van der Waals surface area contributed by atoms with Gasteiger partial charge in [-0.2, -0.15) is 0 Å². The van der Waals surface area contributed by atoms with Gasteiger partial charge in [0.15, 0.2) is 15.5 Å². The molecule has 11 heteroatoms. The molecule has 4 heterocycles. The second-order valence-electron chi connectivity index (χ2n) is 8.73. The van der Waals surface area contributed by atoms with Gasteiger partial charge >= 0.3 is 0 Å². The quantitative estimate of drug-likeness (QED) is 0.431. The van der Waals surface area contributed by atoms with Crippen LogP contribution in [-0.2, 0) is 16.3 Å². The van der Waals surface area contributed by atoms with Crippen LogP contribution in [0.25, 0.3) is 5.65 Å². The molecule has 1 aliphatic heterocycles. The third-order valence-corrected chi connectivity index (χ3v) is 7.49. The molecule has 9 nitrogen and oxygen atoms in total. The average Bonchev–Trinajstić information content (AvgIpc) is 3.29. The second-order valence-corrected chi connectivity index (χ2v) is 10.7. The van der Waals surface area contributed by atoms with Crippen LogP contribution in [0.5, 0.6) is 0 Å². The summed E-state index contributed by atoms with van der Waals surface area (Å²) in [6, 6.07) is 3.94. The van der Waals surface area contributed by atoms with Crippen molar-refractivity contribution in [3.63, 3.8) is 0 Å². The van der Waals surface area contributed by atoms with Gasteiger partial charge in [0.05, 0.1) is 6.20 Å². The summed E-state index contributed by atoms with van der Waals surface area (Å²) in [4.78, 5) is 19.8. The van der Waals surface area contributed by atoms with Gasteiger partial charge in [0.25, 0.3) is 0 Å². The summed E-state index contributed by atoms with van der Waals surface area (Å²) >= 11 is 0. The van der Waals surface area contributed by atoms with Crippen LogP contribution >= 0.6 is 0 Å². The Kier molecular flexibility index (Phi) is 6.10. The lowest BCUT2D eigenvalue weighted by Crippen LogP contribution is -2.34. The Morgan fingerprint density at radius 3 is 2.49 bits per heavy atom. The molecule has 1 aliphatic rings. The third-order valence-electron chi connectivity index (χ3n) is 6.36. The lowest BCUT2D eigenvalue weighted by atomic mass is 9.94. The molecular formula is C24H26FN7O2S. The first-order valence-corrected chi connectivity index (χ1v) is 13.4. The van der Waals surface area contributed by atoms with Gasteiger partial charge in [-0.3, -0.25) is 4.40 Å². The lowest BCUT2D eigenvalue weighted by Gasteiger charge is -2.31. The van der Waals surface area contributed by atoms with Crippen molar-refractivity contribution in [3.8, 4) is 0 Å². The molecular weight excluding hydrogens is 469 g/mol. The number of aryl methyl sites for hydroxylation is 1. The fourth-order valence-corrected chi connectivity index (χ4v) is 5.15. The first-order valence-electron chi connectivity index (χ1n) is 11.5. The molecule has 0 spiro atoms. The maximum absolute atomic E-state index is 14.3. The van der Waals surface area contributed by atoms with Gasteiger partial charge < -0.3 is 10.2 Å². The van der Waals surface area contributed by atoms with Gasteiger partial charge in [-0.05, 0) is 43.0 Å². The molecule has 1 saturated heterocycles. The van der Waals surface area contributed by atoms with E-state index in [2.05, 4.69) is 37.1 Å². The number of hydrogen-bond acceptors (Lipinski definition) is 8. The number of aromatic nitrogens is 5. The molecule has 0 saturated carbocycles. The van der Waals surface area contributed by atoms with E-state index in [0.717, 1.165) is 61.9 Å². The largest absolute Gasteiger partial charge is 0.351 e. The zero-order chi connectivity index (χ0) is 24.6. The van der Waals surface area contributed by atoms with Crippen LogP contribution < -0.4 is 10.2 Å². The Bertz CT molecular complexity index is 1460. The number of benzene rings is 1. The highest BCUT2D eigenvalue weighted by Gasteiger charge is 2.25. The zero-order valence-electron chi connectivity index (χ0n) is 19.5. The van der Waals surface area contributed by atoms with E-state index in [1.54, 1.807) is 12.5 Å². The number of sulfone groups is 1. The Balaban J connectivity index is 1.33. The molecule has 0 radical (unpaired) electrons. The number of imidazole rings is 1. The highest BCUT2D eigenvalue weighted by Crippen LogP contribution is 2.31. The van der Waals surface area contributed by atoms with E-state index < -0.39 is 15.7 Å². The monoisotopic (exact) mass is 495 g/mol. The van der Waals surface area contributed by atoms with E-state index in [9.17, 15) is 12.8 Å². The Labute approximate surface area is 203 Å². The van der Waals surface area contributed by atoms with Crippen molar-refractivity contribution in [1.82, 2.24) is 24.3 Å². The van der Waals surface area contributed by atoms with Crippen LogP contribution in [0, 0.1) is 5.82 Å². The van der Waals surface area contributed by atoms with E-state index in [1.165, 1.54) is 12.1 Å². The Morgan fingerprint density at radius 2 is 1.83 bits per heavy atom. The van der Waals surface area contributed by atoms with Gasteiger partial charge in [0.1, 0.15) is 22.7 Å². The molecule has 3 aromatic heterocycles. The van der Waals surface area contributed by atoms with E-state index in [1.807, 2.05) is 23.0 Å². The number of fused-ring (bicyclic) bond motifs is 1. The highest BCUT2D eigenvalue weighted by molar-refractivity contribution is 7.90. The number of anilines is 3. The van der Waals surface area contributed by atoms with E-state index in [4.69, 9.17) is 0 Å². The minimum absolute atomic E-state index is 0.305. The average molecular weight is 496 g/mol. The Hall–Kier alpha value is -3.60. The number of halogens is 1. The van der Waals surface area contributed by atoms with Crippen molar-refractivity contribution < 1.29 is 12.8 Å². The summed E-state index contributed by atoms with van der Waals surface area (Å²) in [5.41, 5.74) is 3.88. The van der Waals surface area contributed by atoms with Gasteiger partial charge in [0.2, 0.25) is 5.95 Å². The van der Waals surface area contributed by atoms with Crippen LogP contribution in [0.3, 0.4) is 0 Å². The fourth-order valence-electron chi connectivity index (χ4n) is 4.42. The molecule has 0 unspecified atom stereocenters. The fraction of sp³-hybridized carbons (Fsp3) is 0.333. The maximum atomic E-state index is 14.3.